The van der Waals surface area contributed by atoms with Crippen molar-refractivity contribution in [1.29, 1.82) is 0 Å². The fraction of sp³-hybridized carbons (Fsp3) is 0.250. The van der Waals surface area contributed by atoms with Crippen LogP contribution in [0.3, 0.4) is 0 Å². The lowest BCUT2D eigenvalue weighted by molar-refractivity contribution is 0.0517. The van der Waals surface area contributed by atoms with E-state index in [1.807, 2.05) is 0 Å². The SMILES string of the molecule is O=C(c1ccc(F)cc1)N1CCN(C(=O)c2ccc(Br)o2)CC1. The lowest BCUT2D eigenvalue weighted by Crippen LogP contribution is -2.50. The quantitative estimate of drug-likeness (QED) is 0.804. The van der Waals surface area contributed by atoms with E-state index in [1.165, 1.54) is 24.3 Å². The first-order chi connectivity index (χ1) is 11.0. The fourth-order valence-electron chi connectivity index (χ4n) is 2.47. The van der Waals surface area contributed by atoms with Crippen LogP contribution in [0.4, 0.5) is 4.39 Å². The van der Waals surface area contributed by atoms with Gasteiger partial charge in [-0.25, -0.2) is 4.39 Å². The number of carbonyl (C=O) groups excluding carboxylic acids is 2. The highest BCUT2D eigenvalue weighted by atomic mass is 79.9. The summed E-state index contributed by atoms with van der Waals surface area (Å²) in [7, 11) is 0. The van der Waals surface area contributed by atoms with Gasteiger partial charge in [0.1, 0.15) is 5.82 Å². The molecule has 1 fully saturated rings. The maximum Gasteiger partial charge on any atom is 0.289 e. The van der Waals surface area contributed by atoms with E-state index in [1.54, 1.807) is 21.9 Å². The topological polar surface area (TPSA) is 53.8 Å². The molecular weight excluding hydrogens is 367 g/mol. The van der Waals surface area contributed by atoms with Gasteiger partial charge in [-0.1, -0.05) is 0 Å². The maximum absolute atomic E-state index is 12.9. The summed E-state index contributed by atoms with van der Waals surface area (Å²) >= 11 is 3.17. The molecule has 23 heavy (non-hydrogen) atoms. The average Bonchev–Trinajstić information content (AvgIpc) is 3.01. The van der Waals surface area contributed by atoms with Crippen LogP contribution >= 0.6 is 15.9 Å². The normalized spacial score (nSPS) is 14.9. The van der Waals surface area contributed by atoms with E-state index in [-0.39, 0.29) is 23.4 Å². The molecule has 0 spiro atoms. The van der Waals surface area contributed by atoms with Gasteiger partial charge in [-0.3, -0.25) is 9.59 Å². The third-order valence-electron chi connectivity index (χ3n) is 3.73. The van der Waals surface area contributed by atoms with Gasteiger partial charge in [0, 0.05) is 31.7 Å². The Morgan fingerprint density at radius 3 is 2.00 bits per heavy atom. The number of piperazine rings is 1. The minimum atomic E-state index is -0.374. The molecule has 0 atom stereocenters. The van der Waals surface area contributed by atoms with Crippen LogP contribution in [0.5, 0.6) is 0 Å². The van der Waals surface area contributed by atoms with Crippen molar-refractivity contribution in [2.45, 2.75) is 0 Å². The van der Waals surface area contributed by atoms with Crippen LogP contribution in [0.2, 0.25) is 0 Å². The Bertz CT molecular complexity index is 721. The molecule has 7 heteroatoms. The van der Waals surface area contributed by atoms with E-state index in [0.717, 1.165) is 0 Å². The molecule has 2 amide bonds. The standard InChI is InChI=1S/C16H14BrFN2O3/c17-14-6-5-13(23-14)16(22)20-9-7-19(8-10-20)15(21)11-1-3-12(18)4-2-11/h1-6H,7-10H2. The van der Waals surface area contributed by atoms with Crippen LogP contribution in [0.25, 0.3) is 0 Å². The second kappa shape index (κ2) is 6.54. The van der Waals surface area contributed by atoms with Crippen LogP contribution in [0, 0.1) is 5.82 Å². The fourth-order valence-corrected chi connectivity index (χ4v) is 2.78. The molecule has 0 unspecified atom stereocenters. The first kappa shape index (κ1) is 15.7. The Morgan fingerprint density at radius 1 is 0.913 bits per heavy atom. The van der Waals surface area contributed by atoms with Crippen LogP contribution < -0.4 is 0 Å². The molecule has 0 aliphatic carbocycles. The molecule has 3 rings (SSSR count). The summed E-state index contributed by atoms with van der Waals surface area (Å²) in [6.45, 7) is 1.74. The van der Waals surface area contributed by atoms with Gasteiger partial charge in [-0.2, -0.15) is 0 Å². The number of nitrogens with zero attached hydrogens (tertiary/aromatic N) is 2. The Morgan fingerprint density at radius 2 is 1.48 bits per heavy atom. The lowest BCUT2D eigenvalue weighted by atomic mass is 10.1. The zero-order valence-corrected chi connectivity index (χ0v) is 13.8. The molecule has 2 heterocycles. The summed E-state index contributed by atoms with van der Waals surface area (Å²) in [6, 6.07) is 8.75. The zero-order chi connectivity index (χ0) is 16.4. The molecule has 1 saturated heterocycles. The van der Waals surface area contributed by atoms with Gasteiger partial charge in [0.25, 0.3) is 11.8 Å². The third-order valence-corrected chi connectivity index (χ3v) is 4.16. The largest absolute Gasteiger partial charge is 0.444 e. The summed E-state index contributed by atoms with van der Waals surface area (Å²) in [5.41, 5.74) is 0.446. The molecule has 120 valence electrons. The third kappa shape index (κ3) is 3.44. The second-order valence-corrected chi connectivity index (χ2v) is 5.98. The zero-order valence-electron chi connectivity index (χ0n) is 12.2. The minimum absolute atomic E-state index is 0.155. The number of halogens is 2. The van der Waals surface area contributed by atoms with E-state index >= 15 is 0 Å². The number of benzene rings is 1. The number of carbonyl (C=O) groups is 2. The van der Waals surface area contributed by atoms with Crippen molar-refractivity contribution >= 4 is 27.7 Å². The van der Waals surface area contributed by atoms with Crippen LogP contribution in [-0.2, 0) is 0 Å². The van der Waals surface area contributed by atoms with E-state index in [2.05, 4.69) is 15.9 Å². The van der Waals surface area contributed by atoms with Crippen LogP contribution in [0.1, 0.15) is 20.9 Å². The summed E-state index contributed by atoms with van der Waals surface area (Å²) in [5, 5.41) is 0. The Hall–Kier alpha value is -2.15. The van der Waals surface area contributed by atoms with E-state index in [4.69, 9.17) is 4.42 Å². The Kier molecular flexibility index (Phi) is 4.47. The number of amides is 2. The Labute approximate surface area is 140 Å². The van der Waals surface area contributed by atoms with E-state index in [9.17, 15) is 14.0 Å². The predicted octanol–water partition coefficient (Wildman–Crippen LogP) is 2.78. The van der Waals surface area contributed by atoms with Crippen LogP contribution in [0.15, 0.2) is 45.5 Å². The van der Waals surface area contributed by atoms with Crippen LogP contribution in [-0.4, -0.2) is 47.8 Å². The predicted molar refractivity (Wildman–Crippen MR) is 84.6 cm³/mol. The van der Waals surface area contributed by atoms with Crippen molar-refractivity contribution in [3.63, 3.8) is 0 Å². The van der Waals surface area contributed by atoms with Gasteiger partial charge < -0.3 is 14.2 Å². The smallest absolute Gasteiger partial charge is 0.289 e. The number of rotatable bonds is 2. The highest BCUT2D eigenvalue weighted by Crippen LogP contribution is 2.17. The number of furan rings is 1. The number of hydrogen-bond acceptors (Lipinski definition) is 3. The maximum atomic E-state index is 12.9. The van der Waals surface area contributed by atoms with Crippen molar-refractivity contribution in [3.05, 3.63) is 58.2 Å². The first-order valence-electron chi connectivity index (χ1n) is 7.14. The van der Waals surface area contributed by atoms with E-state index in [0.29, 0.717) is 36.4 Å². The molecular formula is C16H14BrFN2O3. The van der Waals surface area contributed by atoms with Crippen molar-refractivity contribution in [1.82, 2.24) is 9.80 Å². The highest BCUT2D eigenvalue weighted by Gasteiger charge is 2.26. The number of hydrogen-bond donors (Lipinski definition) is 0. The second-order valence-electron chi connectivity index (χ2n) is 5.20. The van der Waals surface area contributed by atoms with Crippen molar-refractivity contribution in [2.75, 3.05) is 26.2 Å². The van der Waals surface area contributed by atoms with Gasteiger partial charge in [0.15, 0.2) is 10.4 Å². The van der Waals surface area contributed by atoms with Gasteiger partial charge in [0.2, 0.25) is 0 Å². The molecule has 1 aromatic heterocycles. The summed E-state index contributed by atoms with van der Waals surface area (Å²) in [6.07, 6.45) is 0. The van der Waals surface area contributed by atoms with Crippen molar-refractivity contribution < 1.29 is 18.4 Å². The van der Waals surface area contributed by atoms with Gasteiger partial charge >= 0.3 is 0 Å². The first-order valence-corrected chi connectivity index (χ1v) is 7.93. The molecule has 0 bridgehead atoms. The average molecular weight is 381 g/mol. The van der Waals surface area contributed by atoms with E-state index < -0.39 is 0 Å². The molecule has 0 saturated carbocycles. The monoisotopic (exact) mass is 380 g/mol. The summed E-state index contributed by atoms with van der Waals surface area (Å²) < 4.78 is 18.7. The summed E-state index contributed by atoms with van der Waals surface area (Å²) in [4.78, 5) is 27.9. The summed E-state index contributed by atoms with van der Waals surface area (Å²) in [5.74, 6) is -0.445. The molecule has 1 aliphatic heterocycles. The highest BCUT2D eigenvalue weighted by molar-refractivity contribution is 9.10. The van der Waals surface area contributed by atoms with Gasteiger partial charge in [-0.15, -0.1) is 0 Å². The Balaban J connectivity index is 1.61. The lowest BCUT2D eigenvalue weighted by Gasteiger charge is -2.34. The molecule has 0 radical (unpaired) electrons. The van der Waals surface area contributed by atoms with Crippen molar-refractivity contribution in [2.24, 2.45) is 0 Å². The molecule has 5 nitrogen and oxygen atoms in total. The molecule has 1 aromatic carbocycles. The van der Waals surface area contributed by atoms with Gasteiger partial charge in [0.05, 0.1) is 0 Å². The molecule has 2 aromatic rings. The van der Waals surface area contributed by atoms with Gasteiger partial charge in [-0.05, 0) is 52.3 Å². The van der Waals surface area contributed by atoms with Crippen molar-refractivity contribution in [3.8, 4) is 0 Å². The molecule has 0 N–H and O–H groups in total. The molecule has 1 aliphatic rings. The minimum Gasteiger partial charge on any atom is -0.444 e.